The molecule has 0 N–H and O–H groups in total. The number of ether oxygens (including phenoxy) is 1. The summed E-state index contributed by atoms with van der Waals surface area (Å²) in [5.74, 6) is -0.0641. The van der Waals surface area contributed by atoms with Crippen LogP contribution in [0.25, 0.3) is 0 Å². The van der Waals surface area contributed by atoms with Crippen molar-refractivity contribution >= 4 is 11.8 Å². The van der Waals surface area contributed by atoms with Gasteiger partial charge in [0, 0.05) is 18.5 Å². The molecule has 0 aliphatic carbocycles. The molecule has 0 aromatic heterocycles. The maximum absolute atomic E-state index is 12.1. The summed E-state index contributed by atoms with van der Waals surface area (Å²) >= 11 is 0. The lowest BCUT2D eigenvalue weighted by Gasteiger charge is -2.21. The summed E-state index contributed by atoms with van der Waals surface area (Å²) < 4.78 is 4.80. The topological polar surface area (TPSA) is 46.6 Å². The van der Waals surface area contributed by atoms with Gasteiger partial charge in [0.05, 0.1) is 7.11 Å². The van der Waals surface area contributed by atoms with Gasteiger partial charge in [-0.05, 0) is 26.3 Å². The number of nitrogens with zero attached hydrogens (tertiary/aromatic N) is 1. The summed E-state index contributed by atoms with van der Waals surface area (Å²) in [6.45, 7) is 3.48. The number of likely N-dealkylation sites (tertiary alicyclic amines) is 1. The molecule has 1 heterocycles. The molecular weight excluding hydrogens is 254 g/mol. The van der Waals surface area contributed by atoms with E-state index in [-0.39, 0.29) is 17.8 Å². The van der Waals surface area contributed by atoms with Gasteiger partial charge in [0.25, 0.3) is 0 Å². The maximum Gasteiger partial charge on any atom is 0.323 e. The number of carbonyl (C=O) groups is 2. The molecule has 0 amide bonds. The lowest BCUT2D eigenvalue weighted by atomic mass is 10.1. The molecule has 1 aromatic rings. The van der Waals surface area contributed by atoms with Crippen molar-refractivity contribution < 1.29 is 14.3 Å². The number of ketones is 1. The molecule has 20 heavy (non-hydrogen) atoms. The van der Waals surface area contributed by atoms with E-state index >= 15 is 0 Å². The van der Waals surface area contributed by atoms with E-state index in [1.165, 1.54) is 7.11 Å². The molecule has 1 aromatic carbocycles. The smallest absolute Gasteiger partial charge is 0.323 e. The minimum atomic E-state index is -0.190. The third-order valence-electron chi connectivity index (χ3n) is 3.84. The quantitative estimate of drug-likeness (QED) is 0.610. The van der Waals surface area contributed by atoms with E-state index < -0.39 is 0 Å². The molecule has 0 radical (unpaired) electrons. The van der Waals surface area contributed by atoms with Crippen LogP contribution in [-0.4, -0.2) is 42.9 Å². The molecule has 1 unspecified atom stereocenters. The van der Waals surface area contributed by atoms with Crippen LogP contribution in [0, 0.1) is 6.92 Å². The summed E-state index contributed by atoms with van der Waals surface area (Å²) in [5, 5.41) is 0. The third-order valence-corrected chi connectivity index (χ3v) is 3.84. The van der Waals surface area contributed by atoms with Gasteiger partial charge >= 0.3 is 5.97 Å². The number of methoxy groups -OCH3 is 1. The predicted molar refractivity (Wildman–Crippen MR) is 76.7 cm³/mol. The number of hydrogen-bond acceptors (Lipinski definition) is 4. The SMILES string of the molecule is COC(=O)C1CCCN1CCC(=O)c1ccc(C)cc1. The Morgan fingerprint density at radius 3 is 2.65 bits per heavy atom. The zero-order valence-electron chi connectivity index (χ0n) is 12.1. The van der Waals surface area contributed by atoms with E-state index in [9.17, 15) is 9.59 Å². The van der Waals surface area contributed by atoms with E-state index in [2.05, 4.69) is 4.90 Å². The Labute approximate surface area is 119 Å². The molecule has 4 heteroatoms. The normalized spacial score (nSPS) is 19.0. The first-order chi connectivity index (χ1) is 9.61. The van der Waals surface area contributed by atoms with Crippen LogP contribution in [0.1, 0.15) is 35.2 Å². The first kappa shape index (κ1) is 14.7. The fourth-order valence-corrected chi connectivity index (χ4v) is 2.63. The van der Waals surface area contributed by atoms with Gasteiger partial charge in [0.1, 0.15) is 6.04 Å². The highest BCUT2D eigenvalue weighted by Gasteiger charge is 2.31. The van der Waals surface area contributed by atoms with Gasteiger partial charge in [-0.2, -0.15) is 0 Å². The van der Waals surface area contributed by atoms with Gasteiger partial charge in [0.2, 0.25) is 0 Å². The van der Waals surface area contributed by atoms with Crippen molar-refractivity contribution in [3.05, 3.63) is 35.4 Å². The summed E-state index contributed by atoms with van der Waals surface area (Å²) in [6, 6.07) is 7.44. The number of carbonyl (C=O) groups excluding carboxylic acids is 2. The Hall–Kier alpha value is -1.68. The second-order valence-corrected chi connectivity index (χ2v) is 5.26. The largest absolute Gasteiger partial charge is 0.468 e. The molecule has 0 saturated carbocycles. The third kappa shape index (κ3) is 3.45. The summed E-state index contributed by atoms with van der Waals surface area (Å²) in [7, 11) is 1.41. The maximum atomic E-state index is 12.1. The average molecular weight is 275 g/mol. The molecule has 1 aliphatic heterocycles. The summed E-state index contributed by atoms with van der Waals surface area (Å²) in [5.41, 5.74) is 1.89. The van der Waals surface area contributed by atoms with Crippen LogP contribution in [-0.2, 0) is 9.53 Å². The predicted octanol–water partition coefficient (Wildman–Crippen LogP) is 2.21. The fourth-order valence-electron chi connectivity index (χ4n) is 2.63. The summed E-state index contributed by atoms with van der Waals surface area (Å²) in [4.78, 5) is 25.8. The van der Waals surface area contributed by atoms with E-state index in [4.69, 9.17) is 4.74 Å². The van der Waals surface area contributed by atoms with Crippen molar-refractivity contribution in [2.45, 2.75) is 32.2 Å². The lowest BCUT2D eigenvalue weighted by Crippen LogP contribution is -2.38. The second-order valence-electron chi connectivity index (χ2n) is 5.26. The highest BCUT2D eigenvalue weighted by Crippen LogP contribution is 2.19. The van der Waals surface area contributed by atoms with Crippen LogP contribution < -0.4 is 0 Å². The number of aryl methyl sites for hydroxylation is 1. The monoisotopic (exact) mass is 275 g/mol. The molecule has 1 saturated heterocycles. The summed E-state index contributed by atoms with van der Waals surface area (Å²) in [6.07, 6.45) is 2.25. The number of rotatable bonds is 5. The Kier molecular flexibility index (Phi) is 4.90. The van der Waals surface area contributed by atoms with Crippen LogP contribution in [0.3, 0.4) is 0 Å². The van der Waals surface area contributed by atoms with Gasteiger partial charge < -0.3 is 4.74 Å². The molecule has 2 rings (SSSR count). The Bertz CT molecular complexity index is 481. The molecular formula is C16H21NO3. The Morgan fingerprint density at radius 1 is 1.30 bits per heavy atom. The molecule has 0 bridgehead atoms. The zero-order valence-corrected chi connectivity index (χ0v) is 12.1. The number of hydrogen-bond donors (Lipinski definition) is 0. The fraction of sp³-hybridized carbons (Fsp3) is 0.500. The van der Waals surface area contributed by atoms with Crippen molar-refractivity contribution in [1.82, 2.24) is 4.90 Å². The van der Waals surface area contributed by atoms with Gasteiger partial charge in [-0.15, -0.1) is 0 Å². The van der Waals surface area contributed by atoms with Crippen LogP contribution in [0.2, 0.25) is 0 Å². The highest BCUT2D eigenvalue weighted by atomic mass is 16.5. The van der Waals surface area contributed by atoms with Gasteiger partial charge in [-0.3, -0.25) is 14.5 Å². The standard InChI is InChI=1S/C16H21NO3/c1-12-5-7-13(8-6-12)15(18)9-11-17-10-3-4-14(17)16(19)20-2/h5-8,14H,3-4,9-11H2,1-2H3. The number of esters is 1. The molecule has 108 valence electrons. The second kappa shape index (κ2) is 6.66. The van der Waals surface area contributed by atoms with Crippen molar-refractivity contribution in [1.29, 1.82) is 0 Å². The molecule has 4 nitrogen and oxygen atoms in total. The minimum Gasteiger partial charge on any atom is -0.468 e. The highest BCUT2D eigenvalue weighted by molar-refractivity contribution is 5.96. The molecule has 1 atom stereocenters. The van der Waals surface area contributed by atoms with Crippen molar-refractivity contribution in [3.63, 3.8) is 0 Å². The van der Waals surface area contributed by atoms with Crippen molar-refractivity contribution in [2.24, 2.45) is 0 Å². The van der Waals surface area contributed by atoms with Gasteiger partial charge in [0.15, 0.2) is 5.78 Å². The average Bonchev–Trinajstić information content (AvgIpc) is 2.93. The zero-order chi connectivity index (χ0) is 14.5. The van der Waals surface area contributed by atoms with E-state index in [0.717, 1.165) is 30.5 Å². The van der Waals surface area contributed by atoms with Gasteiger partial charge in [-0.1, -0.05) is 29.8 Å². The van der Waals surface area contributed by atoms with Crippen molar-refractivity contribution in [3.8, 4) is 0 Å². The minimum absolute atomic E-state index is 0.125. The van der Waals surface area contributed by atoms with E-state index in [0.29, 0.717) is 13.0 Å². The molecule has 1 fully saturated rings. The van der Waals surface area contributed by atoms with E-state index in [1.54, 1.807) is 0 Å². The van der Waals surface area contributed by atoms with Crippen LogP contribution >= 0.6 is 0 Å². The molecule has 1 aliphatic rings. The lowest BCUT2D eigenvalue weighted by molar-refractivity contribution is -0.145. The molecule has 0 spiro atoms. The number of Topliss-reactive ketones (excluding diaryl/α,β-unsaturated/α-hetero) is 1. The Balaban J connectivity index is 1.89. The van der Waals surface area contributed by atoms with Crippen LogP contribution in [0.15, 0.2) is 24.3 Å². The van der Waals surface area contributed by atoms with Crippen LogP contribution in [0.5, 0.6) is 0 Å². The van der Waals surface area contributed by atoms with Gasteiger partial charge in [-0.25, -0.2) is 0 Å². The number of benzene rings is 1. The Morgan fingerprint density at radius 2 is 2.00 bits per heavy atom. The van der Waals surface area contributed by atoms with Crippen molar-refractivity contribution in [2.75, 3.05) is 20.2 Å². The first-order valence-corrected chi connectivity index (χ1v) is 7.03. The van der Waals surface area contributed by atoms with Crippen LogP contribution in [0.4, 0.5) is 0 Å². The van der Waals surface area contributed by atoms with E-state index in [1.807, 2.05) is 31.2 Å². The first-order valence-electron chi connectivity index (χ1n) is 7.03.